The van der Waals surface area contributed by atoms with Gasteiger partial charge < -0.3 is 10.1 Å². The molecule has 0 aromatic heterocycles. The van der Waals surface area contributed by atoms with Crippen molar-refractivity contribution in [3.8, 4) is 0 Å². The van der Waals surface area contributed by atoms with Gasteiger partial charge in [-0.2, -0.15) is 0 Å². The van der Waals surface area contributed by atoms with Gasteiger partial charge >= 0.3 is 5.97 Å². The number of rotatable bonds is 7. The Morgan fingerprint density at radius 1 is 1.07 bits per heavy atom. The van der Waals surface area contributed by atoms with Crippen LogP contribution in [0.1, 0.15) is 21.5 Å². The van der Waals surface area contributed by atoms with Crippen LogP contribution >= 0.6 is 22.6 Å². The van der Waals surface area contributed by atoms with Gasteiger partial charge in [0.25, 0.3) is 5.69 Å². The molecule has 0 bridgehead atoms. The molecule has 3 aromatic carbocycles. The molecule has 7 heteroatoms. The van der Waals surface area contributed by atoms with Gasteiger partial charge in [0, 0.05) is 27.8 Å². The normalized spacial score (nSPS) is 10.4. The zero-order valence-electron chi connectivity index (χ0n) is 15.7. The number of benzene rings is 3. The Morgan fingerprint density at radius 3 is 2.48 bits per heavy atom. The molecule has 0 amide bonds. The third kappa shape index (κ3) is 5.54. The highest BCUT2D eigenvalue weighted by Gasteiger charge is 2.19. The number of halogens is 1. The van der Waals surface area contributed by atoms with E-state index in [-0.39, 0.29) is 17.9 Å². The Bertz CT molecular complexity index is 1040. The molecular formula is C22H19IN2O4. The van der Waals surface area contributed by atoms with Crippen molar-refractivity contribution in [3.63, 3.8) is 0 Å². The molecule has 0 aliphatic rings. The number of non-ortho nitro benzene ring substituents is 1. The second-order valence-electron chi connectivity index (χ2n) is 6.44. The number of hydrogen-bond donors (Lipinski definition) is 1. The molecule has 0 saturated heterocycles. The molecule has 0 saturated carbocycles. The van der Waals surface area contributed by atoms with Crippen LogP contribution in [0.3, 0.4) is 0 Å². The zero-order chi connectivity index (χ0) is 20.8. The van der Waals surface area contributed by atoms with Crippen LogP contribution in [0.5, 0.6) is 0 Å². The fourth-order valence-electron chi connectivity index (χ4n) is 2.82. The number of carbonyl (C=O) groups is 1. The molecule has 148 valence electrons. The largest absolute Gasteiger partial charge is 0.462 e. The molecule has 0 radical (unpaired) electrons. The van der Waals surface area contributed by atoms with Gasteiger partial charge in [0.05, 0.1) is 22.8 Å². The molecule has 3 aromatic rings. The summed E-state index contributed by atoms with van der Waals surface area (Å²) in [6.45, 7) is 2.14. The lowest BCUT2D eigenvalue weighted by atomic mass is 10.1. The van der Waals surface area contributed by atoms with E-state index in [1.165, 1.54) is 18.2 Å². The van der Waals surface area contributed by atoms with Crippen LogP contribution in [0.2, 0.25) is 0 Å². The molecule has 0 atom stereocenters. The van der Waals surface area contributed by atoms with Crippen LogP contribution < -0.4 is 5.32 Å². The van der Waals surface area contributed by atoms with Crippen molar-refractivity contribution >= 4 is 45.6 Å². The summed E-state index contributed by atoms with van der Waals surface area (Å²) in [5.41, 5.74) is 3.29. The van der Waals surface area contributed by atoms with Crippen LogP contribution in [-0.2, 0) is 11.2 Å². The maximum Gasteiger partial charge on any atom is 0.340 e. The quantitative estimate of drug-likeness (QED) is 0.196. The number of nitrogens with zero attached hydrogens (tertiary/aromatic N) is 1. The maximum absolute atomic E-state index is 12.7. The van der Waals surface area contributed by atoms with Crippen molar-refractivity contribution in [2.24, 2.45) is 0 Å². The van der Waals surface area contributed by atoms with Gasteiger partial charge in [-0.25, -0.2) is 4.79 Å². The summed E-state index contributed by atoms with van der Waals surface area (Å²) in [7, 11) is 0. The Labute approximate surface area is 182 Å². The summed E-state index contributed by atoms with van der Waals surface area (Å²) >= 11 is 2.22. The molecule has 0 aliphatic heterocycles. The molecule has 0 unspecified atom stereocenters. The van der Waals surface area contributed by atoms with Crippen molar-refractivity contribution in [1.29, 1.82) is 0 Å². The van der Waals surface area contributed by atoms with Gasteiger partial charge in [-0.3, -0.25) is 10.1 Å². The molecular weight excluding hydrogens is 483 g/mol. The van der Waals surface area contributed by atoms with Gasteiger partial charge in [0.15, 0.2) is 0 Å². The number of hydrogen-bond acceptors (Lipinski definition) is 5. The third-order valence-corrected chi connectivity index (χ3v) is 5.03. The lowest BCUT2D eigenvalue weighted by molar-refractivity contribution is -0.384. The first-order valence-electron chi connectivity index (χ1n) is 8.96. The minimum Gasteiger partial charge on any atom is -0.462 e. The Balaban J connectivity index is 1.81. The number of ether oxygens (including phenoxy) is 1. The van der Waals surface area contributed by atoms with E-state index in [2.05, 4.69) is 27.9 Å². The van der Waals surface area contributed by atoms with Crippen LogP contribution in [0.25, 0.3) is 0 Å². The van der Waals surface area contributed by atoms with Crippen molar-refractivity contribution in [1.82, 2.24) is 0 Å². The number of aryl methyl sites for hydroxylation is 1. The number of nitrogens with one attached hydrogen (secondary N) is 1. The van der Waals surface area contributed by atoms with Crippen LogP contribution in [-0.4, -0.2) is 17.5 Å². The van der Waals surface area contributed by atoms with E-state index in [0.29, 0.717) is 12.1 Å². The third-order valence-electron chi connectivity index (χ3n) is 4.36. The van der Waals surface area contributed by atoms with Gasteiger partial charge in [-0.1, -0.05) is 30.3 Å². The lowest BCUT2D eigenvalue weighted by Gasteiger charge is -2.14. The SMILES string of the molecule is Cc1cc(I)ccc1Nc1ccc([N+](=O)[O-])cc1C(=O)OCCc1ccccc1. The summed E-state index contributed by atoms with van der Waals surface area (Å²) in [4.78, 5) is 23.3. The van der Waals surface area contributed by atoms with Gasteiger partial charge in [0.1, 0.15) is 0 Å². The molecule has 3 rings (SSSR count). The highest BCUT2D eigenvalue weighted by Crippen LogP contribution is 2.28. The zero-order valence-corrected chi connectivity index (χ0v) is 17.9. The minimum atomic E-state index is -0.602. The van der Waals surface area contributed by atoms with Crippen molar-refractivity contribution < 1.29 is 14.5 Å². The fraction of sp³-hybridized carbons (Fsp3) is 0.136. The summed E-state index contributed by atoms with van der Waals surface area (Å²) in [5.74, 6) is -0.602. The number of nitro benzene ring substituents is 1. The fourth-order valence-corrected chi connectivity index (χ4v) is 3.47. The summed E-state index contributed by atoms with van der Waals surface area (Å²) in [5, 5.41) is 14.4. The molecule has 6 nitrogen and oxygen atoms in total. The van der Waals surface area contributed by atoms with E-state index < -0.39 is 10.9 Å². The maximum atomic E-state index is 12.7. The minimum absolute atomic E-state index is 0.130. The first kappa shape index (κ1) is 20.8. The van der Waals surface area contributed by atoms with E-state index in [4.69, 9.17) is 4.74 Å². The Hall–Kier alpha value is -2.94. The van der Waals surface area contributed by atoms with Crippen molar-refractivity contribution in [3.05, 3.63) is 97.1 Å². The monoisotopic (exact) mass is 502 g/mol. The van der Waals surface area contributed by atoms with E-state index in [1.54, 1.807) is 0 Å². The van der Waals surface area contributed by atoms with Crippen molar-refractivity contribution in [2.75, 3.05) is 11.9 Å². The molecule has 0 spiro atoms. The van der Waals surface area contributed by atoms with E-state index in [1.807, 2.05) is 55.5 Å². The topological polar surface area (TPSA) is 81.5 Å². The number of nitro groups is 1. The average molecular weight is 502 g/mol. The number of esters is 1. The van der Waals surface area contributed by atoms with Gasteiger partial charge in [-0.05, 0) is 64.9 Å². The Kier molecular flexibility index (Phi) is 6.82. The van der Waals surface area contributed by atoms with Crippen LogP contribution in [0.4, 0.5) is 17.1 Å². The number of anilines is 2. The standard InChI is InChI=1S/C22H19IN2O4/c1-15-13-17(23)7-9-20(15)24-21-10-8-18(25(27)28)14-19(21)22(26)29-12-11-16-5-3-2-4-6-16/h2-10,13-14,24H,11-12H2,1H3. The highest BCUT2D eigenvalue weighted by molar-refractivity contribution is 14.1. The second kappa shape index (κ2) is 9.51. The van der Waals surface area contributed by atoms with Crippen LogP contribution in [0, 0.1) is 20.6 Å². The summed E-state index contributed by atoms with van der Waals surface area (Å²) in [6.07, 6.45) is 0.570. The Morgan fingerprint density at radius 2 is 1.79 bits per heavy atom. The summed E-state index contributed by atoms with van der Waals surface area (Å²) in [6, 6.07) is 19.7. The summed E-state index contributed by atoms with van der Waals surface area (Å²) < 4.78 is 6.48. The van der Waals surface area contributed by atoms with Gasteiger partial charge in [0.2, 0.25) is 0 Å². The molecule has 0 heterocycles. The second-order valence-corrected chi connectivity index (χ2v) is 7.69. The van der Waals surface area contributed by atoms with E-state index in [9.17, 15) is 14.9 Å². The molecule has 0 fully saturated rings. The lowest BCUT2D eigenvalue weighted by Crippen LogP contribution is -2.11. The van der Waals surface area contributed by atoms with E-state index >= 15 is 0 Å². The predicted molar refractivity (Wildman–Crippen MR) is 121 cm³/mol. The molecule has 29 heavy (non-hydrogen) atoms. The first-order chi connectivity index (χ1) is 13.9. The first-order valence-corrected chi connectivity index (χ1v) is 10.0. The highest BCUT2D eigenvalue weighted by atomic mass is 127. The van der Waals surface area contributed by atoms with E-state index in [0.717, 1.165) is 20.4 Å². The van der Waals surface area contributed by atoms with Gasteiger partial charge in [-0.15, -0.1) is 0 Å². The molecule has 1 N–H and O–H groups in total. The number of carbonyl (C=O) groups excluding carboxylic acids is 1. The predicted octanol–water partition coefficient (Wildman–Crippen LogP) is 5.65. The van der Waals surface area contributed by atoms with Crippen LogP contribution in [0.15, 0.2) is 66.7 Å². The molecule has 0 aliphatic carbocycles. The smallest absolute Gasteiger partial charge is 0.340 e. The average Bonchev–Trinajstić information content (AvgIpc) is 2.71. The van der Waals surface area contributed by atoms with Crippen molar-refractivity contribution in [2.45, 2.75) is 13.3 Å².